The molecule has 0 saturated heterocycles. The van der Waals surface area contributed by atoms with E-state index < -0.39 is 0 Å². The topological polar surface area (TPSA) is 58.2 Å². The van der Waals surface area contributed by atoms with Crippen LogP contribution in [0.5, 0.6) is 0 Å². The lowest BCUT2D eigenvalue weighted by molar-refractivity contribution is 0.101. The van der Waals surface area contributed by atoms with Gasteiger partial charge in [0, 0.05) is 22.5 Å². The molecule has 0 aliphatic rings. The Morgan fingerprint density at radius 1 is 0.615 bits per heavy atom. The number of aryl methyl sites for hydroxylation is 2. The van der Waals surface area contributed by atoms with Gasteiger partial charge in [-0.05, 0) is 73.5 Å². The lowest BCUT2D eigenvalue weighted by Crippen LogP contribution is -2.14. The molecule has 2 amide bonds. The number of hydrogen-bond acceptors (Lipinski definition) is 2. The minimum Gasteiger partial charge on any atom is -0.322 e. The summed E-state index contributed by atoms with van der Waals surface area (Å²) in [4.78, 5) is 24.6. The van der Waals surface area contributed by atoms with Gasteiger partial charge in [-0.2, -0.15) is 0 Å². The maximum absolute atomic E-state index is 12.4. The van der Waals surface area contributed by atoms with E-state index in [-0.39, 0.29) is 11.8 Å². The van der Waals surface area contributed by atoms with Gasteiger partial charge in [0.05, 0.1) is 0 Å². The molecular weight excluding hydrogens is 324 g/mol. The summed E-state index contributed by atoms with van der Waals surface area (Å²) in [6.07, 6.45) is 0. The molecule has 3 aromatic rings. The van der Waals surface area contributed by atoms with E-state index in [4.69, 9.17) is 0 Å². The van der Waals surface area contributed by atoms with Crippen LogP contribution in [0.1, 0.15) is 31.8 Å². The fraction of sp³-hybridized carbons (Fsp3) is 0.0909. The van der Waals surface area contributed by atoms with Crippen molar-refractivity contribution in [3.63, 3.8) is 0 Å². The number of amides is 2. The van der Waals surface area contributed by atoms with Crippen molar-refractivity contribution in [2.45, 2.75) is 13.8 Å². The number of hydrogen-bond donors (Lipinski definition) is 2. The number of carbonyl (C=O) groups is 2. The zero-order valence-electron chi connectivity index (χ0n) is 14.7. The Balaban J connectivity index is 1.67. The summed E-state index contributed by atoms with van der Waals surface area (Å²) in [6.45, 7) is 4.03. The summed E-state index contributed by atoms with van der Waals surface area (Å²) in [5, 5.41) is 5.69. The van der Waals surface area contributed by atoms with Gasteiger partial charge in [0.15, 0.2) is 0 Å². The molecule has 4 heteroatoms. The van der Waals surface area contributed by atoms with E-state index in [1.165, 1.54) is 5.56 Å². The average Bonchev–Trinajstić information content (AvgIpc) is 2.65. The van der Waals surface area contributed by atoms with Gasteiger partial charge in [0.2, 0.25) is 0 Å². The highest BCUT2D eigenvalue weighted by molar-refractivity contribution is 6.07. The molecule has 0 fully saturated rings. The smallest absolute Gasteiger partial charge is 0.255 e. The van der Waals surface area contributed by atoms with Crippen LogP contribution in [0.3, 0.4) is 0 Å². The lowest BCUT2D eigenvalue weighted by atomic mass is 10.1. The van der Waals surface area contributed by atoms with Crippen molar-refractivity contribution >= 4 is 23.2 Å². The Kier molecular flexibility index (Phi) is 5.13. The first kappa shape index (κ1) is 17.4. The molecule has 0 aromatic heterocycles. The van der Waals surface area contributed by atoms with Crippen LogP contribution in [0.15, 0.2) is 72.8 Å². The number of benzene rings is 3. The Bertz CT molecular complexity index is 932. The van der Waals surface area contributed by atoms with E-state index in [1.54, 1.807) is 24.3 Å². The summed E-state index contributed by atoms with van der Waals surface area (Å²) in [6, 6.07) is 21.6. The molecule has 0 heterocycles. The van der Waals surface area contributed by atoms with Gasteiger partial charge in [-0.15, -0.1) is 0 Å². The molecule has 0 spiro atoms. The number of nitrogens with one attached hydrogen (secondary N) is 2. The summed E-state index contributed by atoms with van der Waals surface area (Å²) in [5.41, 5.74) is 4.78. The SMILES string of the molecule is Cc1ccc(NC(=O)c2ccc(C(=O)Nc3ccccc3)cc2)cc1C. The first-order chi connectivity index (χ1) is 12.5. The van der Waals surface area contributed by atoms with Crippen molar-refractivity contribution in [2.75, 3.05) is 10.6 Å². The van der Waals surface area contributed by atoms with Crippen LogP contribution < -0.4 is 10.6 Å². The molecule has 2 N–H and O–H groups in total. The van der Waals surface area contributed by atoms with Crippen LogP contribution in [0.4, 0.5) is 11.4 Å². The third kappa shape index (κ3) is 4.16. The first-order valence-electron chi connectivity index (χ1n) is 8.38. The molecule has 3 aromatic carbocycles. The van der Waals surface area contributed by atoms with Crippen LogP contribution in [0.2, 0.25) is 0 Å². The molecule has 4 nitrogen and oxygen atoms in total. The zero-order chi connectivity index (χ0) is 18.5. The molecular formula is C22H20N2O2. The van der Waals surface area contributed by atoms with E-state index in [9.17, 15) is 9.59 Å². The van der Waals surface area contributed by atoms with Crippen molar-refractivity contribution in [3.8, 4) is 0 Å². The van der Waals surface area contributed by atoms with Crippen molar-refractivity contribution in [1.29, 1.82) is 0 Å². The molecule has 0 bridgehead atoms. The standard InChI is InChI=1S/C22H20N2O2/c1-15-8-13-20(14-16(15)2)24-22(26)18-11-9-17(10-12-18)21(25)23-19-6-4-3-5-7-19/h3-14H,1-2H3,(H,23,25)(H,24,26). The third-order valence-corrected chi connectivity index (χ3v) is 4.21. The Morgan fingerprint density at radius 3 is 1.69 bits per heavy atom. The highest BCUT2D eigenvalue weighted by Crippen LogP contribution is 2.16. The fourth-order valence-corrected chi connectivity index (χ4v) is 2.52. The second-order valence-corrected chi connectivity index (χ2v) is 6.15. The molecule has 3 rings (SSSR count). The maximum Gasteiger partial charge on any atom is 0.255 e. The second kappa shape index (κ2) is 7.66. The summed E-state index contributed by atoms with van der Waals surface area (Å²) < 4.78 is 0. The molecule has 0 aliphatic carbocycles. The van der Waals surface area contributed by atoms with Crippen LogP contribution >= 0.6 is 0 Å². The van der Waals surface area contributed by atoms with Crippen LogP contribution in [0.25, 0.3) is 0 Å². The predicted molar refractivity (Wildman–Crippen MR) is 105 cm³/mol. The minimum atomic E-state index is -0.211. The number of carbonyl (C=O) groups excluding carboxylic acids is 2. The molecule has 0 atom stereocenters. The second-order valence-electron chi connectivity index (χ2n) is 6.15. The van der Waals surface area contributed by atoms with Crippen LogP contribution in [-0.2, 0) is 0 Å². The van der Waals surface area contributed by atoms with Gasteiger partial charge < -0.3 is 10.6 Å². The Morgan fingerprint density at radius 2 is 1.15 bits per heavy atom. The van der Waals surface area contributed by atoms with Gasteiger partial charge in [-0.1, -0.05) is 24.3 Å². The molecule has 26 heavy (non-hydrogen) atoms. The zero-order valence-corrected chi connectivity index (χ0v) is 14.7. The van der Waals surface area contributed by atoms with Gasteiger partial charge in [0.25, 0.3) is 11.8 Å². The van der Waals surface area contributed by atoms with Gasteiger partial charge in [0.1, 0.15) is 0 Å². The van der Waals surface area contributed by atoms with Gasteiger partial charge in [-0.25, -0.2) is 0 Å². The van der Waals surface area contributed by atoms with Gasteiger partial charge >= 0.3 is 0 Å². The third-order valence-electron chi connectivity index (χ3n) is 4.21. The monoisotopic (exact) mass is 344 g/mol. The Labute approximate surface area is 152 Å². The summed E-state index contributed by atoms with van der Waals surface area (Å²) in [7, 11) is 0. The number of anilines is 2. The summed E-state index contributed by atoms with van der Waals surface area (Å²) >= 11 is 0. The summed E-state index contributed by atoms with van der Waals surface area (Å²) in [5.74, 6) is -0.416. The minimum absolute atomic E-state index is 0.205. The maximum atomic E-state index is 12.4. The van der Waals surface area contributed by atoms with E-state index in [1.807, 2.05) is 62.4 Å². The predicted octanol–water partition coefficient (Wildman–Crippen LogP) is 4.81. The lowest BCUT2D eigenvalue weighted by Gasteiger charge is -2.09. The first-order valence-corrected chi connectivity index (χ1v) is 8.38. The fourth-order valence-electron chi connectivity index (χ4n) is 2.52. The largest absolute Gasteiger partial charge is 0.322 e. The van der Waals surface area contributed by atoms with Crippen LogP contribution in [0, 0.1) is 13.8 Å². The van der Waals surface area contributed by atoms with E-state index in [2.05, 4.69) is 10.6 Å². The van der Waals surface area contributed by atoms with Crippen molar-refractivity contribution in [2.24, 2.45) is 0 Å². The molecule has 0 saturated carbocycles. The van der Waals surface area contributed by atoms with E-state index >= 15 is 0 Å². The number of rotatable bonds is 4. The Hall–Kier alpha value is -3.40. The highest BCUT2D eigenvalue weighted by Gasteiger charge is 2.10. The molecule has 0 unspecified atom stereocenters. The van der Waals surface area contributed by atoms with Crippen molar-refractivity contribution < 1.29 is 9.59 Å². The number of para-hydroxylation sites is 1. The normalized spacial score (nSPS) is 10.2. The quantitative estimate of drug-likeness (QED) is 0.714. The molecule has 0 radical (unpaired) electrons. The van der Waals surface area contributed by atoms with Crippen molar-refractivity contribution in [3.05, 3.63) is 95.1 Å². The molecule has 130 valence electrons. The average molecular weight is 344 g/mol. The molecule has 0 aliphatic heterocycles. The van der Waals surface area contributed by atoms with Gasteiger partial charge in [-0.3, -0.25) is 9.59 Å². The van der Waals surface area contributed by atoms with Crippen molar-refractivity contribution in [1.82, 2.24) is 0 Å². The highest BCUT2D eigenvalue weighted by atomic mass is 16.2. The van der Waals surface area contributed by atoms with Crippen LogP contribution in [-0.4, -0.2) is 11.8 Å². The van der Waals surface area contributed by atoms with E-state index in [0.29, 0.717) is 11.1 Å². The van der Waals surface area contributed by atoms with E-state index in [0.717, 1.165) is 16.9 Å².